The van der Waals surface area contributed by atoms with Gasteiger partial charge in [0.1, 0.15) is 5.82 Å². The number of hydrogen-bond acceptors (Lipinski definition) is 3. The van der Waals surface area contributed by atoms with Crippen molar-refractivity contribution < 1.29 is 18.7 Å². The Morgan fingerprint density at radius 1 is 1.21 bits per heavy atom. The monoisotopic (exact) mass is 347 g/mol. The van der Waals surface area contributed by atoms with Crippen LogP contribution in [0, 0.1) is 12.7 Å². The largest absolute Gasteiger partial charge is 0.452 e. The van der Waals surface area contributed by atoms with Gasteiger partial charge < -0.3 is 10.1 Å². The first-order chi connectivity index (χ1) is 11.4. The number of benzene rings is 2. The summed E-state index contributed by atoms with van der Waals surface area (Å²) < 4.78 is 17.6. The van der Waals surface area contributed by atoms with Gasteiger partial charge in [-0.1, -0.05) is 23.7 Å². The van der Waals surface area contributed by atoms with Crippen molar-refractivity contribution in [2.45, 2.75) is 6.92 Å². The molecule has 0 aromatic heterocycles. The molecule has 0 unspecified atom stereocenters. The van der Waals surface area contributed by atoms with Crippen LogP contribution < -0.4 is 5.32 Å². The predicted octanol–water partition coefficient (Wildman–Crippen LogP) is 3.98. The topological polar surface area (TPSA) is 55.4 Å². The van der Waals surface area contributed by atoms with Gasteiger partial charge in [-0.2, -0.15) is 0 Å². The van der Waals surface area contributed by atoms with Crippen LogP contribution in [0.4, 0.5) is 10.1 Å². The van der Waals surface area contributed by atoms with Crippen LogP contribution in [0.3, 0.4) is 0 Å². The van der Waals surface area contributed by atoms with Crippen molar-refractivity contribution in [1.29, 1.82) is 0 Å². The van der Waals surface area contributed by atoms with Gasteiger partial charge in [-0.15, -0.1) is 0 Å². The van der Waals surface area contributed by atoms with Crippen LogP contribution in [0.2, 0.25) is 5.02 Å². The lowest BCUT2D eigenvalue weighted by Gasteiger charge is -2.08. The molecule has 2 aromatic carbocycles. The van der Waals surface area contributed by atoms with E-state index in [-0.39, 0.29) is 5.82 Å². The summed E-state index contributed by atoms with van der Waals surface area (Å²) in [5.74, 6) is -1.48. The van der Waals surface area contributed by atoms with E-state index in [4.69, 9.17) is 16.3 Å². The summed E-state index contributed by atoms with van der Waals surface area (Å²) in [6, 6.07) is 10.7. The first kappa shape index (κ1) is 17.7. The molecule has 6 heteroatoms. The van der Waals surface area contributed by atoms with E-state index in [0.29, 0.717) is 16.3 Å². The third-order valence-electron chi connectivity index (χ3n) is 3.09. The maximum atomic E-state index is 12.8. The van der Waals surface area contributed by atoms with E-state index in [0.717, 1.165) is 5.56 Å². The summed E-state index contributed by atoms with van der Waals surface area (Å²) in [5, 5.41) is 3.20. The van der Waals surface area contributed by atoms with E-state index < -0.39 is 18.5 Å². The Labute approximate surface area is 143 Å². The molecule has 0 atom stereocenters. The van der Waals surface area contributed by atoms with Gasteiger partial charge in [-0.3, -0.25) is 4.79 Å². The summed E-state index contributed by atoms with van der Waals surface area (Å²) in [5.41, 5.74) is 2.05. The summed E-state index contributed by atoms with van der Waals surface area (Å²) in [6.07, 6.45) is 2.65. The third kappa shape index (κ3) is 5.52. The lowest BCUT2D eigenvalue weighted by atomic mass is 10.2. The molecule has 1 N–H and O–H groups in total. The number of hydrogen-bond donors (Lipinski definition) is 1. The van der Waals surface area contributed by atoms with Crippen molar-refractivity contribution in [3.8, 4) is 0 Å². The number of carbonyl (C=O) groups is 2. The quantitative estimate of drug-likeness (QED) is 0.657. The van der Waals surface area contributed by atoms with Crippen LogP contribution in [0.5, 0.6) is 0 Å². The fourth-order valence-corrected chi connectivity index (χ4v) is 2.10. The second-order valence-corrected chi connectivity index (χ2v) is 5.44. The average Bonchev–Trinajstić information content (AvgIpc) is 2.55. The Morgan fingerprint density at radius 3 is 2.58 bits per heavy atom. The Morgan fingerprint density at radius 2 is 1.92 bits per heavy atom. The second kappa shape index (κ2) is 8.26. The van der Waals surface area contributed by atoms with Crippen molar-refractivity contribution in [3.63, 3.8) is 0 Å². The molecule has 0 heterocycles. The average molecular weight is 348 g/mol. The van der Waals surface area contributed by atoms with Crippen LogP contribution in [0.15, 0.2) is 48.5 Å². The van der Waals surface area contributed by atoms with Gasteiger partial charge >= 0.3 is 5.97 Å². The van der Waals surface area contributed by atoms with Crippen molar-refractivity contribution in [1.82, 2.24) is 0 Å². The molecule has 1 amide bonds. The van der Waals surface area contributed by atoms with Gasteiger partial charge in [0.25, 0.3) is 5.91 Å². The highest BCUT2D eigenvalue weighted by molar-refractivity contribution is 6.30. The smallest absolute Gasteiger partial charge is 0.331 e. The number of halogens is 2. The van der Waals surface area contributed by atoms with Gasteiger partial charge in [-0.05, 0) is 54.5 Å². The Balaban J connectivity index is 1.82. The van der Waals surface area contributed by atoms with Crippen molar-refractivity contribution in [2.75, 3.05) is 11.9 Å². The van der Waals surface area contributed by atoms with Gasteiger partial charge in [0.15, 0.2) is 6.61 Å². The highest BCUT2D eigenvalue weighted by Crippen LogP contribution is 2.19. The van der Waals surface area contributed by atoms with Gasteiger partial charge in [0.2, 0.25) is 0 Å². The fraction of sp³-hybridized carbons (Fsp3) is 0.111. The molecule has 0 bridgehead atoms. The normalized spacial score (nSPS) is 10.6. The number of carbonyl (C=O) groups excluding carboxylic acids is 2. The van der Waals surface area contributed by atoms with Crippen molar-refractivity contribution >= 4 is 35.2 Å². The van der Waals surface area contributed by atoms with E-state index in [9.17, 15) is 14.0 Å². The Hall–Kier alpha value is -2.66. The van der Waals surface area contributed by atoms with E-state index >= 15 is 0 Å². The standard InChI is InChI=1S/C18H15ClFNO3/c1-12-10-14(19)5-8-16(12)21-17(22)11-24-18(23)9-4-13-2-6-15(20)7-3-13/h2-10H,11H2,1H3,(H,21,22)/b9-4+. The number of rotatable bonds is 5. The van der Waals surface area contributed by atoms with E-state index in [1.54, 1.807) is 25.1 Å². The molecule has 0 saturated carbocycles. The zero-order chi connectivity index (χ0) is 17.5. The number of amides is 1. The van der Waals surface area contributed by atoms with Gasteiger partial charge in [-0.25, -0.2) is 9.18 Å². The van der Waals surface area contributed by atoms with Crippen LogP contribution in [0.1, 0.15) is 11.1 Å². The number of esters is 1. The van der Waals surface area contributed by atoms with Crippen LogP contribution in [-0.2, 0) is 14.3 Å². The molecule has 0 aliphatic rings. The summed E-state index contributed by atoms with van der Waals surface area (Å²) >= 11 is 5.84. The SMILES string of the molecule is Cc1cc(Cl)ccc1NC(=O)COC(=O)/C=C/c1ccc(F)cc1. The molecule has 0 aliphatic carbocycles. The van der Waals surface area contributed by atoms with Crippen LogP contribution in [0.25, 0.3) is 6.08 Å². The van der Waals surface area contributed by atoms with Crippen LogP contribution in [-0.4, -0.2) is 18.5 Å². The number of anilines is 1. The predicted molar refractivity (Wildman–Crippen MR) is 91.2 cm³/mol. The maximum absolute atomic E-state index is 12.8. The summed E-state index contributed by atoms with van der Waals surface area (Å²) in [6.45, 7) is 1.40. The lowest BCUT2D eigenvalue weighted by molar-refractivity contribution is -0.142. The molecule has 2 rings (SSSR count). The highest BCUT2D eigenvalue weighted by Gasteiger charge is 2.07. The van der Waals surface area contributed by atoms with E-state index in [1.807, 2.05) is 0 Å². The molecule has 0 saturated heterocycles. The Bertz CT molecular complexity index is 772. The first-order valence-corrected chi connectivity index (χ1v) is 7.48. The number of nitrogens with one attached hydrogen (secondary N) is 1. The zero-order valence-corrected chi connectivity index (χ0v) is 13.6. The molecule has 0 fully saturated rings. The molecule has 0 spiro atoms. The molecular weight excluding hydrogens is 333 g/mol. The van der Waals surface area contributed by atoms with Crippen molar-refractivity contribution in [2.24, 2.45) is 0 Å². The Kier molecular flexibility index (Phi) is 6.09. The van der Waals surface area contributed by atoms with Gasteiger partial charge in [0, 0.05) is 16.8 Å². The maximum Gasteiger partial charge on any atom is 0.331 e. The lowest BCUT2D eigenvalue weighted by Crippen LogP contribution is -2.20. The first-order valence-electron chi connectivity index (χ1n) is 7.10. The summed E-state index contributed by atoms with van der Waals surface area (Å²) in [7, 11) is 0. The molecule has 0 aliphatic heterocycles. The molecule has 124 valence electrons. The van der Waals surface area contributed by atoms with E-state index in [2.05, 4.69) is 5.32 Å². The molecule has 0 radical (unpaired) electrons. The fourth-order valence-electron chi connectivity index (χ4n) is 1.88. The molecule has 4 nitrogen and oxygen atoms in total. The zero-order valence-electron chi connectivity index (χ0n) is 12.9. The minimum Gasteiger partial charge on any atom is -0.452 e. The van der Waals surface area contributed by atoms with Crippen LogP contribution >= 0.6 is 11.6 Å². The molecule has 24 heavy (non-hydrogen) atoms. The molecule has 2 aromatic rings. The minimum atomic E-state index is -0.665. The summed E-state index contributed by atoms with van der Waals surface area (Å²) in [4.78, 5) is 23.3. The number of aryl methyl sites for hydroxylation is 1. The third-order valence-corrected chi connectivity index (χ3v) is 3.33. The van der Waals surface area contributed by atoms with Crippen molar-refractivity contribution in [3.05, 3.63) is 70.5 Å². The van der Waals surface area contributed by atoms with E-state index in [1.165, 1.54) is 36.4 Å². The minimum absolute atomic E-state index is 0.358. The number of ether oxygens (including phenoxy) is 1. The molecular formula is C18H15ClFNO3. The van der Waals surface area contributed by atoms with Gasteiger partial charge in [0.05, 0.1) is 0 Å². The highest BCUT2D eigenvalue weighted by atomic mass is 35.5. The second-order valence-electron chi connectivity index (χ2n) is 5.00.